The average molecular weight is 460 g/mol. The van der Waals surface area contributed by atoms with Crippen LogP contribution in [0.15, 0.2) is 48.5 Å². The number of hydrogen-bond acceptors (Lipinski definition) is 6. The summed E-state index contributed by atoms with van der Waals surface area (Å²) in [5.74, 6) is -0.936. The van der Waals surface area contributed by atoms with Gasteiger partial charge in [0.25, 0.3) is 5.91 Å². The first-order valence-corrected chi connectivity index (χ1v) is 10.8. The second kappa shape index (κ2) is 9.51. The molecule has 1 saturated heterocycles. The van der Waals surface area contributed by atoms with E-state index in [9.17, 15) is 14.0 Å². The Morgan fingerprint density at radius 3 is 2.52 bits per heavy atom. The van der Waals surface area contributed by atoms with Crippen LogP contribution in [0, 0.1) is 5.82 Å². The Kier molecular flexibility index (Phi) is 6.55. The van der Waals surface area contributed by atoms with Crippen LogP contribution < -0.4 is 5.32 Å². The highest BCUT2D eigenvalue weighted by molar-refractivity contribution is 7.18. The maximum atomic E-state index is 13.3. The second-order valence-corrected chi connectivity index (χ2v) is 8.41. The minimum Gasteiger partial charge on any atom is -0.336 e. The monoisotopic (exact) mass is 459 g/mol. The number of piperazine rings is 1. The number of carbonyl (C=O) groups is 2. The number of benzene rings is 2. The van der Waals surface area contributed by atoms with E-state index in [4.69, 9.17) is 11.6 Å². The number of amides is 2. The number of nitrogens with zero attached hydrogens (tertiary/aromatic N) is 4. The average Bonchev–Trinajstić information content (AvgIpc) is 3.24. The highest BCUT2D eigenvalue weighted by atomic mass is 35.5. The quantitative estimate of drug-likeness (QED) is 0.632. The van der Waals surface area contributed by atoms with Gasteiger partial charge in [-0.3, -0.25) is 19.8 Å². The molecular weight excluding hydrogens is 441 g/mol. The zero-order chi connectivity index (χ0) is 21.8. The molecular formula is C21H19ClFN5O2S. The third-order valence-corrected chi connectivity index (χ3v) is 6.06. The zero-order valence-electron chi connectivity index (χ0n) is 16.4. The summed E-state index contributed by atoms with van der Waals surface area (Å²) in [7, 11) is 0. The fourth-order valence-electron chi connectivity index (χ4n) is 3.25. The highest BCUT2D eigenvalue weighted by Gasteiger charge is 2.24. The summed E-state index contributed by atoms with van der Waals surface area (Å²) in [4.78, 5) is 28.6. The molecule has 1 fully saturated rings. The van der Waals surface area contributed by atoms with Crippen LogP contribution in [0.4, 0.5) is 9.52 Å². The number of rotatable bonds is 5. The van der Waals surface area contributed by atoms with Crippen molar-refractivity contribution in [3.05, 3.63) is 64.9 Å². The van der Waals surface area contributed by atoms with Gasteiger partial charge in [-0.25, -0.2) is 4.39 Å². The Hall–Kier alpha value is -2.88. The van der Waals surface area contributed by atoms with E-state index in [1.807, 2.05) is 35.2 Å². The Morgan fingerprint density at radius 1 is 1.06 bits per heavy atom. The number of aromatic nitrogens is 2. The molecule has 10 heteroatoms. The van der Waals surface area contributed by atoms with Crippen molar-refractivity contribution in [2.45, 2.75) is 0 Å². The van der Waals surface area contributed by atoms with Crippen LogP contribution >= 0.6 is 22.9 Å². The fourth-order valence-corrected chi connectivity index (χ4v) is 4.20. The first kappa shape index (κ1) is 21.4. The van der Waals surface area contributed by atoms with E-state index in [2.05, 4.69) is 15.5 Å². The van der Waals surface area contributed by atoms with E-state index in [0.717, 1.165) is 10.6 Å². The lowest BCUT2D eigenvalue weighted by atomic mass is 10.1. The van der Waals surface area contributed by atoms with Gasteiger partial charge in [-0.15, -0.1) is 10.2 Å². The predicted molar refractivity (Wildman–Crippen MR) is 118 cm³/mol. The molecule has 2 aromatic carbocycles. The molecule has 2 amide bonds. The van der Waals surface area contributed by atoms with Gasteiger partial charge in [-0.05, 0) is 18.2 Å². The van der Waals surface area contributed by atoms with Crippen molar-refractivity contribution in [2.24, 2.45) is 0 Å². The van der Waals surface area contributed by atoms with Crippen molar-refractivity contribution in [1.82, 2.24) is 20.0 Å². The molecule has 1 aliphatic rings. The first-order chi connectivity index (χ1) is 15.0. The Balaban J connectivity index is 1.27. The first-order valence-electron chi connectivity index (χ1n) is 9.65. The number of hydrogen-bond donors (Lipinski definition) is 1. The lowest BCUT2D eigenvalue weighted by molar-refractivity contribution is -0.117. The van der Waals surface area contributed by atoms with E-state index >= 15 is 0 Å². The maximum absolute atomic E-state index is 13.3. The Labute approximate surface area is 187 Å². The van der Waals surface area contributed by atoms with Gasteiger partial charge in [-0.2, -0.15) is 0 Å². The molecule has 0 aliphatic carbocycles. The van der Waals surface area contributed by atoms with Crippen LogP contribution in [-0.4, -0.2) is 64.5 Å². The molecule has 0 saturated carbocycles. The topological polar surface area (TPSA) is 78.4 Å². The smallest absolute Gasteiger partial charge is 0.253 e. The van der Waals surface area contributed by atoms with Crippen LogP contribution in [0.5, 0.6) is 0 Å². The number of halogens is 2. The van der Waals surface area contributed by atoms with Gasteiger partial charge in [0.1, 0.15) is 10.8 Å². The molecule has 4 rings (SSSR count). The van der Waals surface area contributed by atoms with Crippen molar-refractivity contribution in [3.8, 4) is 10.6 Å². The SMILES string of the molecule is O=C(CN1CCN(C(=O)c2ccc(F)c(Cl)c2)CC1)Nc1nnc(-c2ccccc2)s1. The number of anilines is 1. The standard InChI is InChI=1S/C21H19ClFN5O2S/c22-16-12-15(6-7-17(16)23)20(30)28-10-8-27(9-11-28)13-18(29)24-21-26-25-19(31-21)14-4-2-1-3-5-14/h1-7,12H,8-11,13H2,(H,24,26,29). The van der Waals surface area contributed by atoms with Crippen LogP contribution in [0.25, 0.3) is 10.6 Å². The summed E-state index contributed by atoms with van der Waals surface area (Å²) in [6.07, 6.45) is 0. The summed E-state index contributed by atoms with van der Waals surface area (Å²) in [6, 6.07) is 13.6. The third-order valence-electron chi connectivity index (χ3n) is 4.89. The molecule has 0 unspecified atom stereocenters. The van der Waals surface area contributed by atoms with Gasteiger partial charge < -0.3 is 4.90 Å². The van der Waals surface area contributed by atoms with E-state index in [1.165, 1.54) is 29.5 Å². The minimum atomic E-state index is -0.555. The summed E-state index contributed by atoms with van der Waals surface area (Å²) in [5, 5.41) is 12.1. The molecule has 1 aromatic heterocycles. The largest absolute Gasteiger partial charge is 0.336 e. The van der Waals surface area contributed by atoms with Gasteiger partial charge >= 0.3 is 0 Å². The molecule has 0 bridgehead atoms. The molecule has 2 heterocycles. The summed E-state index contributed by atoms with van der Waals surface area (Å²) < 4.78 is 13.3. The van der Waals surface area contributed by atoms with E-state index in [-0.39, 0.29) is 23.4 Å². The maximum Gasteiger partial charge on any atom is 0.253 e. The lowest BCUT2D eigenvalue weighted by Gasteiger charge is -2.34. The molecule has 0 atom stereocenters. The van der Waals surface area contributed by atoms with Gasteiger partial charge in [0.2, 0.25) is 11.0 Å². The summed E-state index contributed by atoms with van der Waals surface area (Å²) in [5.41, 5.74) is 1.30. The molecule has 3 aromatic rings. The van der Waals surface area contributed by atoms with Crippen molar-refractivity contribution in [2.75, 3.05) is 38.0 Å². The highest BCUT2D eigenvalue weighted by Crippen LogP contribution is 2.26. The van der Waals surface area contributed by atoms with Gasteiger partial charge in [-0.1, -0.05) is 53.3 Å². The number of carbonyl (C=O) groups excluding carboxylic acids is 2. The van der Waals surface area contributed by atoms with Gasteiger partial charge in [0.15, 0.2) is 0 Å². The molecule has 160 valence electrons. The van der Waals surface area contributed by atoms with E-state index < -0.39 is 5.82 Å². The lowest BCUT2D eigenvalue weighted by Crippen LogP contribution is -2.50. The third kappa shape index (κ3) is 5.25. The molecule has 1 aliphatic heterocycles. The van der Waals surface area contributed by atoms with Crippen molar-refractivity contribution in [1.29, 1.82) is 0 Å². The molecule has 0 spiro atoms. The summed E-state index contributed by atoms with van der Waals surface area (Å²) in [6.45, 7) is 2.25. The number of nitrogens with one attached hydrogen (secondary N) is 1. The van der Waals surface area contributed by atoms with Crippen molar-refractivity contribution < 1.29 is 14.0 Å². The van der Waals surface area contributed by atoms with Crippen LogP contribution in [0.2, 0.25) is 5.02 Å². The van der Waals surface area contributed by atoms with E-state index in [1.54, 1.807) is 4.90 Å². The van der Waals surface area contributed by atoms with E-state index in [0.29, 0.717) is 36.9 Å². The molecule has 1 N–H and O–H groups in total. The zero-order valence-corrected chi connectivity index (χ0v) is 18.0. The fraction of sp³-hybridized carbons (Fsp3) is 0.238. The van der Waals surface area contributed by atoms with Crippen LogP contribution in [-0.2, 0) is 4.79 Å². The van der Waals surface area contributed by atoms with Crippen LogP contribution in [0.3, 0.4) is 0 Å². The normalized spacial score (nSPS) is 14.5. The Morgan fingerprint density at radius 2 is 1.81 bits per heavy atom. The second-order valence-electron chi connectivity index (χ2n) is 7.02. The van der Waals surface area contributed by atoms with Crippen LogP contribution in [0.1, 0.15) is 10.4 Å². The summed E-state index contributed by atoms with van der Waals surface area (Å²) >= 11 is 7.09. The van der Waals surface area contributed by atoms with Crippen molar-refractivity contribution in [3.63, 3.8) is 0 Å². The van der Waals surface area contributed by atoms with Gasteiger partial charge in [0, 0.05) is 37.3 Å². The van der Waals surface area contributed by atoms with Gasteiger partial charge in [0.05, 0.1) is 11.6 Å². The minimum absolute atomic E-state index is 0.0757. The molecule has 0 radical (unpaired) electrons. The Bertz CT molecular complexity index is 1090. The van der Waals surface area contributed by atoms with Crippen molar-refractivity contribution >= 4 is 39.9 Å². The molecule has 7 nitrogen and oxygen atoms in total. The predicted octanol–water partition coefficient (Wildman–Crippen LogP) is 3.39. The molecule has 31 heavy (non-hydrogen) atoms.